The number of aryl methyl sites for hydroxylation is 1. The van der Waals surface area contributed by atoms with Crippen LogP contribution in [0.4, 0.5) is 0 Å². The van der Waals surface area contributed by atoms with E-state index in [1.54, 1.807) is 7.11 Å². The minimum Gasteiger partial charge on any atom is -0.507 e. The van der Waals surface area contributed by atoms with Crippen LogP contribution in [0.1, 0.15) is 29.2 Å². The maximum Gasteiger partial charge on any atom is 0.178 e. The van der Waals surface area contributed by atoms with Crippen molar-refractivity contribution >= 4 is 23.1 Å². The molecular formula is C19H21N3O2S. The smallest absolute Gasteiger partial charge is 0.178 e. The molecule has 5 nitrogen and oxygen atoms in total. The standard InChI is InChI=1S/C19H21N3O2S/c1-24-14-9-6-13(7-10-14)17(21-22-19(20)25)16-11-8-12-4-2-3-5-15(12)18(16)23/h2-7,9-10,17,21,23H,8,11H2,1H3,(H3,20,22,25). The average Bonchev–Trinajstić information content (AvgIpc) is 2.64. The lowest BCUT2D eigenvalue weighted by Gasteiger charge is -2.28. The van der Waals surface area contributed by atoms with E-state index < -0.39 is 0 Å². The fourth-order valence-corrected chi connectivity index (χ4v) is 3.18. The molecule has 0 bridgehead atoms. The number of methoxy groups -OCH3 is 1. The molecule has 0 aliphatic heterocycles. The minimum atomic E-state index is -0.263. The highest BCUT2D eigenvalue weighted by atomic mass is 32.1. The molecule has 0 radical (unpaired) electrons. The van der Waals surface area contributed by atoms with E-state index in [2.05, 4.69) is 10.9 Å². The molecule has 0 heterocycles. The van der Waals surface area contributed by atoms with Crippen molar-refractivity contribution in [1.82, 2.24) is 10.9 Å². The largest absolute Gasteiger partial charge is 0.507 e. The van der Waals surface area contributed by atoms with Gasteiger partial charge in [0, 0.05) is 5.56 Å². The van der Waals surface area contributed by atoms with Crippen molar-refractivity contribution in [2.24, 2.45) is 5.73 Å². The van der Waals surface area contributed by atoms with Crippen molar-refractivity contribution in [3.05, 3.63) is 70.8 Å². The predicted octanol–water partition coefficient (Wildman–Crippen LogP) is 2.99. The molecule has 1 aliphatic rings. The van der Waals surface area contributed by atoms with E-state index >= 15 is 0 Å². The van der Waals surface area contributed by atoms with E-state index in [9.17, 15) is 5.11 Å². The second kappa shape index (κ2) is 7.55. The summed E-state index contributed by atoms with van der Waals surface area (Å²) in [4.78, 5) is 0. The number of benzene rings is 2. The van der Waals surface area contributed by atoms with Crippen LogP contribution in [0.3, 0.4) is 0 Å². The number of nitrogens with one attached hydrogen (secondary N) is 2. The molecule has 0 saturated heterocycles. The van der Waals surface area contributed by atoms with E-state index in [0.717, 1.165) is 40.9 Å². The normalized spacial score (nSPS) is 14.6. The second-order valence-electron chi connectivity index (χ2n) is 5.87. The highest BCUT2D eigenvalue weighted by Crippen LogP contribution is 2.36. The molecule has 1 unspecified atom stereocenters. The Bertz CT molecular complexity index is 803. The summed E-state index contributed by atoms with van der Waals surface area (Å²) < 4.78 is 5.22. The van der Waals surface area contributed by atoms with Gasteiger partial charge in [0.05, 0.1) is 13.2 Å². The summed E-state index contributed by atoms with van der Waals surface area (Å²) in [5.74, 6) is 1.08. The first-order valence-electron chi connectivity index (χ1n) is 8.05. The molecule has 0 amide bonds. The van der Waals surface area contributed by atoms with Crippen molar-refractivity contribution in [1.29, 1.82) is 0 Å². The summed E-state index contributed by atoms with van der Waals surface area (Å²) in [5, 5.41) is 11.0. The summed E-state index contributed by atoms with van der Waals surface area (Å²) in [5.41, 5.74) is 15.4. The lowest BCUT2D eigenvalue weighted by atomic mass is 9.85. The molecule has 2 aromatic rings. The third-order valence-electron chi connectivity index (χ3n) is 4.38. The molecule has 6 heteroatoms. The van der Waals surface area contributed by atoms with Gasteiger partial charge in [0.1, 0.15) is 11.5 Å². The van der Waals surface area contributed by atoms with Crippen molar-refractivity contribution in [3.8, 4) is 5.75 Å². The molecule has 1 atom stereocenters. The lowest BCUT2D eigenvalue weighted by molar-refractivity contribution is 0.414. The van der Waals surface area contributed by atoms with Crippen LogP contribution in [0.25, 0.3) is 5.76 Å². The van der Waals surface area contributed by atoms with Gasteiger partial charge >= 0.3 is 0 Å². The molecule has 0 fully saturated rings. The van der Waals surface area contributed by atoms with Gasteiger partial charge in [-0.05, 0) is 53.9 Å². The number of hydrazine groups is 1. The van der Waals surface area contributed by atoms with Gasteiger partial charge in [0.2, 0.25) is 0 Å². The SMILES string of the molecule is COc1ccc(C(NNC(N)=S)C2=C(O)c3ccccc3CC2)cc1. The molecular weight excluding hydrogens is 334 g/mol. The summed E-state index contributed by atoms with van der Waals surface area (Å²) >= 11 is 4.90. The molecule has 3 rings (SSSR count). The number of rotatable bonds is 5. The third kappa shape index (κ3) is 3.75. The van der Waals surface area contributed by atoms with Gasteiger partial charge < -0.3 is 15.6 Å². The number of hydrogen-bond acceptors (Lipinski definition) is 4. The van der Waals surface area contributed by atoms with Gasteiger partial charge in [-0.1, -0.05) is 36.4 Å². The number of aliphatic hydroxyl groups excluding tert-OH is 1. The molecule has 25 heavy (non-hydrogen) atoms. The van der Waals surface area contributed by atoms with Gasteiger partial charge in [-0.3, -0.25) is 5.43 Å². The highest BCUT2D eigenvalue weighted by molar-refractivity contribution is 7.80. The predicted molar refractivity (Wildman–Crippen MR) is 103 cm³/mol. The molecule has 1 aliphatic carbocycles. The Morgan fingerprint density at radius 2 is 1.88 bits per heavy atom. The zero-order valence-corrected chi connectivity index (χ0v) is 14.8. The van der Waals surface area contributed by atoms with Crippen LogP contribution in [0.15, 0.2) is 54.1 Å². The quantitative estimate of drug-likeness (QED) is 0.488. The van der Waals surface area contributed by atoms with E-state index in [4.69, 9.17) is 22.7 Å². The van der Waals surface area contributed by atoms with Crippen molar-refractivity contribution in [3.63, 3.8) is 0 Å². The van der Waals surface area contributed by atoms with Crippen LogP contribution < -0.4 is 21.3 Å². The van der Waals surface area contributed by atoms with Crippen molar-refractivity contribution in [2.45, 2.75) is 18.9 Å². The maximum atomic E-state index is 10.8. The first-order chi connectivity index (χ1) is 12.1. The van der Waals surface area contributed by atoms with Crippen molar-refractivity contribution < 1.29 is 9.84 Å². The highest BCUT2D eigenvalue weighted by Gasteiger charge is 2.26. The summed E-state index contributed by atoms with van der Waals surface area (Å²) in [6, 6.07) is 15.3. The molecule has 0 saturated carbocycles. The monoisotopic (exact) mass is 355 g/mol. The molecule has 5 N–H and O–H groups in total. The lowest BCUT2D eigenvalue weighted by Crippen LogP contribution is -2.43. The topological polar surface area (TPSA) is 79.5 Å². The van der Waals surface area contributed by atoms with Crippen LogP contribution >= 0.6 is 12.2 Å². The van der Waals surface area contributed by atoms with E-state index in [0.29, 0.717) is 5.76 Å². The Hall–Kier alpha value is -2.57. The van der Waals surface area contributed by atoms with Gasteiger partial charge in [0.25, 0.3) is 0 Å². The zero-order valence-electron chi connectivity index (χ0n) is 14.0. The van der Waals surface area contributed by atoms with Crippen molar-refractivity contribution in [2.75, 3.05) is 7.11 Å². The third-order valence-corrected chi connectivity index (χ3v) is 4.48. The first kappa shape index (κ1) is 17.3. The second-order valence-corrected chi connectivity index (χ2v) is 6.31. The van der Waals surface area contributed by atoms with E-state index in [1.807, 2.05) is 48.5 Å². The number of ether oxygens (including phenoxy) is 1. The number of fused-ring (bicyclic) bond motifs is 1. The Balaban J connectivity index is 2.00. The van der Waals surface area contributed by atoms with Crippen LogP contribution in [-0.4, -0.2) is 17.3 Å². The Labute approximate surface area is 152 Å². The minimum absolute atomic E-state index is 0.148. The maximum absolute atomic E-state index is 10.8. The molecule has 0 aromatic heterocycles. The fourth-order valence-electron chi connectivity index (χ4n) is 3.12. The van der Waals surface area contributed by atoms with Crippen LogP contribution in [0.5, 0.6) is 5.75 Å². The molecule has 0 spiro atoms. The molecule has 130 valence electrons. The van der Waals surface area contributed by atoms with Gasteiger partial charge in [0.15, 0.2) is 5.11 Å². The van der Waals surface area contributed by atoms with Gasteiger partial charge in [-0.2, -0.15) is 0 Å². The zero-order chi connectivity index (χ0) is 17.8. The van der Waals surface area contributed by atoms with Crippen LogP contribution in [-0.2, 0) is 6.42 Å². The fraction of sp³-hybridized carbons (Fsp3) is 0.211. The molecule has 2 aromatic carbocycles. The summed E-state index contributed by atoms with van der Waals surface area (Å²) in [6.07, 6.45) is 1.61. The van der Waals surface area contributed by atoms with Gasteiger partial charge in [-0.25, -0.2) is 5.43 Å². The van der Waals surface area contributed by atoms with E-state index in [-0.39, 0.29) is 11.2 Å². The Kier molecular flexibility index (Phi) is 5.21. The van der Waals surface area contributed by atoms with Crippen LogP contribution in [0, 0.1) is 0 Å². The first-order valence-corrected chi connectivity index (χ1v) is 8.46. The number of thiocarbonyl (C=S) groups is 1. The van der Waals surface area contributed by atoms with Gasteiger partial charge in [-0.15, -0.1) is 0 Å². The van der Waals surface area contributed by atoms with E-state index in [1.165, 1.54) is 0 Å². The number of nitrogens with two attached hydrogens (primary N) is 1. The Morgan fingerprint density at radius 1 is 1.16 bits per heavy atom. The summed E-state index contributed by atoms with van der Waals surface area (Å²) in [6.45, 7) is 0. The average molecular weight is 355 g/mol. The summed E-state index contributed by atoms with van der Waals surface area (Å²) in [7, 11) is 1.63. The Morgan fingerprint density at radius 3 is 2.56 bits per heavy atom. The van der Waals surface area contributed by atoms with Crippen LogP contribution in [0.2, 0.25) is 0 Å². The number of aliphatic hydroxyl groups is 1. The number of hydrogen-bond donors (Lipinski definition) is 4.